The third-order valence-corrected chi connectivity index (χ3v) is 1.93. The highest BCUT2D eigenvalue weighted by Gasteiger charge is 2.08. The van der Waals surface area contributed by atoms with Gasteiger partial charge in [0.2, 0.25) is 6.29 Å². The van der Waals surface area contributed by atoms with Crippen LogP contribution in [0.4, 0.5) is 0 Å². The Kier molecular flexibility index (Phi) is 8.64. The second kappa shape index (κ2) is 9.00. The summed E-state index contributed by atoms with van der Waals surface area (Å²) in [5, 5.41) is 0. The predicted octanol–water partition coefficient (Wildman–Crippen LogP) is 2.88. The van der Waals surface area contributed by atoms with Gasteiger partial charge < -0.3 is 9.47 Å². The molecule has 0 spiro atoms. The molecule has 0 aromatic carbocycles. The van der Waals surface area contributed by atoms with Crippen LogP contribution in [0.1, 0.15) is 52.9 Å². The quantitative estimate of drug-likeness (QED) is 0.345. The average molecular weight is 202 g/mol. The van der Waals surface area contributed by atoms with Gasteiger partial charge in [-0.05, 0) is 6.42 Å². The lowest BCUT2D eigenvalue weighted by Gasteiger charge is -2.15. The van der Waals surface area contributed by atoms with Crippen molar-refractivity contribution >= 4 is 5.97 Å². The van der Waals surface area contributed by atoms with E-state index in [1.165, 1.54) is 26.2 Å². The molecule has 14 heavy (non-hydrogen) atoms. The predicted molar refractivity (Wildman–Crippen MR) is 55.9 cm³/mol. The van der Waals surface area contributed by atoms with Crippen molar-refractivity contribution < 1.29 is 14.3 Å². The van der Waals surface area contributed by atoms with Crippen LogP contribution < -0.4 is 0 Å². The van der Waals surface area contributed by atoms with Crippen LogP contribution in [-0.2, 0) is 14.3 Å². The van der Waals surface area contributed by atoms with Crippen molar-refractivity contribution in [2.75, 3.05) is 6.61 Å². The van der Waals surface area contributed by atoms with Crippen molar-refractivity contribution in [2.24, 2.45) is 0 Å². The maximum absolute atomic E-state index is 10.6. The summed E-state index contributed by atoms with van der Waals surface area (Å²) in [6.07, 6.45) is 5.06. The maximum atomic E-state index is 10.6. The minimum absolute atomic E-state index is 0.273. The summed E-state index contributed by atoms with van der Waals surface area (Å²) in [5.41, 5.74) is 0. The summed E-state index contributed by atoms with van der Waals surface area (Å²) in [6, 6.07) is 0. The van der Waals surface area contributed by atoms with E-state index in [0.29, 0.717) is 13.0 Å². The van der Waals surface area contributed by atoms with Gasteiger partial charge in [0.25, 0.3) is 0 Å². The Bertz CT molecular complexity index is 145. The zero-order valence-corrected chi connectivity index (χ0v) is 9.54. The first-order valence-corrected chi connectivity index (χ1v) is 5.49. The zero-order chi connectivity index (χ0) is 10.8. The van der Waals surface area contributed by atoms with Gasteiger partial charge in [-0.2, -0.15) is 0 Å². The van der Waals surface area contributed by atoms with Gasteiger partial charge in [0.1, 0.15) is 0 Å². The molecule has 3 nitrogen and oxygen atoms in total. The van der Waals surface area contributed by atoms with Gasteiger partial charge in [0.15, 0.2) is 0 Å². The number of unbranched alkanes of at least 4 members (excludes halogenated alkanes) is 3. The van der Waals surface area contributed by atoms with E-state index in [2.05, 4.69) is 6.92 Å². The fraction of sp³-hybridized carbons (Fsp3) is 0.909. The number of rotatable bonds is 8. The lowest BCUT2D eigenvalue weighted by molar-refractivity contribution is -0.176. The minimum Gasteiger partial charge on any atom is -0.436 e. The normalized spacial score (nSPS) is 12.5. The molecule has 0 aromatic heterocycles. The van der Waals surface area contributed by atoms with Crippen molar-refractivity contribution in [1.82, 2.24) is 0 Å². The Hall–Kier alpha value is -0.570. The molecule has 0 saturated heterocycles. The van der Waals surface area contributed by atoms with Crippen LogP contribution >= 0.6 is 0 Å². The van der Waals surface area contributed by atoms with Crippen molar-refractivity contribution in [1.29, 1.82) is 0 Å². The smallest absolute Gasteiger partial charge is 0.304 e. The molecule has 0 rings (SSSR count). The van der Waals surface area contributed by atoms with E-state index in [-0.39, 0.29) is 12.3 Å². The minimum atomic E-state index is -0.353. The van der Waals surface area contributed by atoms with E-state index >= 15 is 0 Å². The van der Waals surface area contributed by atoms with E-state index in [1.807, 2.05) is 6.92 Å². The van der Waals surface area contributed by atoms with Crippen LogP contribution in [0.5, 0.6) is 0 Å². The molecule has 0 fully saturated rings. The average Bonchev–Trinajstić information content (AvgIpc) is 2.15. The van der Waals surface area contributed by atoms with E-state index in [4.69, 9.17) is 9.47 Å². The number of esters is 1. The highest BCUT2D eigenvalue weighted by atomic mass is 16.7. The Morgan fingerprint density at radius 1 is 1.21 bits per heavy atom. The second-order valence-electron chi connectivity index (χ2n) is 3.38. The number of ether oxygens (including phenoxy) is 2. The van der Waals surface area contributed by atoms with E-state index in [0.717, 1.165) is 6.42 Å². The Balaban J connectivity index is 3.38. The fourth-order valence-corrected chi connectivity index (χ4v) is 1.16. The lowest BCUT2D eigenvalue weighted by atomic mass is 10.2. The van der Waals surface area contributed by atoms with Crippen molar-refractivity contribution in [2.45, 2.75) is 59.2 Å². The topological polar surface area (TPSA) is 35.5 Å². The molecule has 1 unspecified atom stereocenters. The van der Waals surface area contributed by atoms with Gasteiger partial charge in [0, 0.05) is 13.3 Å². The van der Waals surface area contributed by atoms with Crippen LogP contribution in [-0.4, -0.2) is 18.9 Å². The van der Waals surface area contributed by atoms with Gasteiger partial charge in [-0.25, -0.2) is 0 Å². The Morgan fingerprint density at radius 3 is 2.43 bits per heavy atom. The van der Waals surface area contributed by atoms with Crippen LogP contribution in [0.25, 0.3) is 0 Å². The van der Waals surface area contributed by atoms with Gasteiger partial charge in [-0.1, -0.05) is 33.1 Å². The van der Waals surface area contributed by atoms with Gasteiger partial charge in [0.05, 0.1) is 6.61 Å². The highest BCUT2D eigenvalue weighted by Crippen LogP contribution is 2.04. The molecular formula is C11H22O3. The maximum Gasteiger partial charge on any atom is 0.304 e. The molecule has 0 heterocycles. The largest absolute Gasteiger partial charge is 0.436 e. The van der Waals surface area contributed by atoms with Crippen molar-refractivity contribution in [3.05, 3.63) is 0 Å². The molecule has 0 aliphatic heterocycles. The van der Waals surface area contributed by atoms with Crippen LogP contribution in [0, 0.1) is 0 Å². The lowest BCUT2D eigenvalue weighted by Crippen LogP contribution is -2.19. The summed E-state index contributed by atoms with van der Waals surface area (Å²) < 4.78 is 10.4. The molecule has 0 radical (unpaired) electrons. The monoisotopic (exact) mass is 202 g/mol. The first kappa shape index (κ1) is 13.4. The third kappa shape index (κ3) is 8.05. The van der Waals surface area contributed by atoms with Gasteiger partial charge in [-0.3, -0.25) is 4.79 Å². The molecule has 0 amide bonds. The Morgan fingerprint density at radius 2 is 1.93 bits per heavy atom. The van der Waals surface area contributed by atoms with Crippen molar-refractivity contribution in [3.63, 3.8) is 0 Å². The molecule has 0 aromatic rings. The molecule has 0 aliphatic carbocycles. The molecule has 0 N–H and O–H groups in total. The van der Waals surface area contributed by atoms with Crippen LogP contribution in [0.2, 0.25) is 0 Å². The molecule has 0 aliphatic rings. The summed E-state index contributed by atoms with van der Waals surface area (Å²) in [5.74, 6) is -0.273. The highest BCUT2D eigenvalue weighted by molar-refractivity contribution is 5.66. The molecule has 84 valence electrons. The van der Waals surface area contributed by atoms with Crippen molar-refractivity contribution in [3.8, 4) is 0 Å². The number of carbonyl (C=O) groups is 1. The van der Waals surface area contributed by atoms with Crippen LogP contribution in [0.3, 0.4) is 0 Å². The first-order chi connectivity index (χ1) is 6.70. The molecule has 0 saturated carbocycles. The SMILES string of the molecule is CCCCCCOC(CC)OC(C)=O. The van der Waals surface area contributed by atoms with E-state index in [1.54, 1.807) is 0 Å². The van der Waals surface area contributed by atoms with Gasteiger partial charge >= 0.3 is 5.97 Å². The summed E-state index contributed by atoms with van der Waals surface area (Å²) in [4.78, 5) is 10.6. The summed E-state index contributed by atoms with van der Waals surface area (Å²) in [6.45, 7) is 6.21. The number of hydrogen-bond donors (Lipinski definition) is 0. The van der Waals surface area contributed by atoms with E-state index in [9.17, 15) is 4.79 Å². The summed E-state index contributed by atoms with van der Waals surface area (Å²) in [7, 11) is 0. The van der Waals surface area contributed by atoms with E-state index < -0.39 is 0 Å². The molecular weight excluding hydrogens is 180 g/mol. The van der Waals surface area contributed by atoms with Gasteiger partial charge in [-0.15, -0.1) is 0 Å². The number of hydrogen-bond acceptors (Lipinski definition) is 3. The Labute approximate surface area is 86.8 Å². The molecule has 3 heteroatoms. The second-order valence-corrected chi connectivity index (χ2v) is 3.38. The zero-order valence-electron chi connectivity index (χ0n) is 9.54. The summed E-state index contributed by atoms with van der Waals surface area (Å²) >= 11 is 0. The molecule has 1 atom stereocenters. The molecule has 0 bridgehead atoms. The van der Waals surface area contributed by atoms with Crippen LogP contribution in [0.15, 0.2) is 0 Å². The first-order valence-electron chi connectivity index (χ1n) is 5.49. The standard InChI is InChI=1S/C11H22O3/c1-4-6-7-8-9-13-11(5-2)14-10(3)12/h11H,4-9H2,1-3H3. The fourth-order valence-electron chi connectivity index (χ4n) is 1.16. The third-order valence-electron chi connectivity index (χ3n) is 1.93. The number of carbonyl (C=O) groups excluding carboxylic acids is 1.